The Morgan fingerprint density at radius 3 is 2.77 bits per heavy atom. The van der Waals surface area contributed by atoms with Gasteiger partial charge in [0.05, 0.1) is 0 Å². The molecule has 1 rings (SSSR count). The molecular weight excluding hydrogens is 165 g/mol. The van der Waals surface area contributed by atoms with Gasteiger partial charge in [0.2, 0.25) is 0 Å². The molecule has 1 aromatic rings. The van der Waals surface area contributed by atoms with Crippen molar-refractivity contribution in [3.8, 4) is 0 Å². The van der Waals surface area contributed by atoms with E-state index in [2.05, 4.69) is 12.2 Å². The van der Waals surface area contributed by atoms with Gasteiger partial charge >= 0.3 is 0 Å². The summed E-state index contributed by atoms with van der Waals surface area (Å²) in [5.41, 5.74) is 1.57. The van der Waals surface area contributed by atoms with Crippen molar-refractivity contribution in [1.82, 2.24) is 0 Å². The van der Waals surface area contributed by atoms with Gasteiger partial charge < -0.3 is 5.32 Å². The maximum Gasteiger partial charge on any atom is 0.128 e. The summed E-state index contributed by atoms with van der Waals surface area (Å²) in [5.74, 6) is -0.138. The minimum Gasteiger partial charge on any atom is -0.385 e. The Bertz CT molecular complexity index is 271. The summed E-state index contributed by atoms with van der Waals surface area (Å²) >= 11 is 0. The van der Waals surface area contributed by atoms with E-state index < -0.39 is 0 Å². The van der Waals surface area contributed by atoms with E-state index in [9.17, 15) is 4.39 Å². The van der Waals surface area contributed by atoms with Crippen LogP contribution in [0.1, 0.15) is 25.3 Å². The Hall–Kier alpha value is -1.05. The highest BCUT2D eigenvalue weighted by molar-refractivity contribution is 5.44. The molecule has 0 atom stereocenters. The largest absolute Gasteiger partial charge is 0.385 e. The van der Waals surface area contributed by atoms with Crippen molar-refractivity contribution < 1.29 is 4.39 Å². The van der Waals surface area contributed by atoms with Crippen LogP contribution in [-0.2, 0) is 0 Å². The number of anilines is 1. The van der Waals surface area contributed by atoms with Gasteiger partial charge in [0.1, 0.15) is 5.82 Å². The van der Waals surface area contributed by atoms with Crippen molar-refractivity contribution in [2.75, 3.05) is 11.9 Å². The number of aryl methyl sites for hydroxylation is 1. The topological polar surface area (TPSA) is 12.0 Å². The van der Waals surface area contributed by atoms with Gasteiger partial charge in [0.15, 0.2) is 0 Å². The van der Waals surface area contributed by atoms with Crippen molar-refractivity contribution in [3.05, 3.63) is 29.6 Å². The Balaban J connectivity index is 2.53. The van der Waals surface area contributed by atoms with Crippen molar-refractivity contribution in [1.29, 1.82) is 0 Å². The number of unbranched alkanes of at least 4 members (excludes halogenated alkanes) is 1. The second kappa shape index (κ2) is 4.85. The second-order valence-electron chi connectivity index (χ2n) is 3.24. The first-order valence-corrected chi connectivity index (χ1v) is 4.74. The average molecular weight is 181 g/mol. The number of nitrogens with one attached hydrogen (secondary N) is 1. The molecule has 0 unspecified atom stereocenters. The molecule has 0 spiro atoms. The lowest BCUT2D eigenvalue weighted by Crippen LogP contribution is -2.01. The number of halogens is 1. The van der Waals surface area contributed by atoms with E-state index in [4.69, 9.17) is 0 Å². The number of hydrogen-bond acceptors (Lipinski definition) is 1. The lowest BCUT2D eigenvalue weighted by Gasteiger charge is -2.05. The van der Waals surface area contributed by atoms with Crippen LogP contribution in [0, 0.1) is 12.7 Å². The maximum absolute atomic E-state index is 13.0. The molecule has 0 aliphatic rings. The molecule has 1 aromatic carbocycles. The van der Waals surface area contributed by atoms with E-state index in [-0.39, 0.29) is 5.82 Å². The minimum atomic E-state index is -0.138. The fourth-order valence-corrected chi connectivity index (χ4v) is 1.11. The van der Waals surface area contributed by atoms with Crippen molar-refractivity contribution in [2.45, 2.75) is 26.7 Å². The molecule has 0 aliphatic carbocycles. The van der Waals surface area contributed by atoms with Gasteiger partial charge in [-0.25, -0.2) is 4.39 Å². The van der Waals surface area contributed by atoms with Crippen LogP contribution in [0.25, 0.3) is 0 Å². The van der Waals surface area contributed by atoms with Crippen LogP contribution in [-0.4, -0.2) is 6.54 Å². The van der Waals surface area contributed by atoms with Gasteiger partial charge in [-0.3, -0.25) is 0 Å². The van der Waals surface area contributed by atoms with Gasteiger partial charge in [-0.15, -0.1) is 0 Å². The molecule has 0 aromatic heterocycles. The van der Waals surface area contributed by atoms with E-state index in [0.29, 0.717) is 5.56 Å². The van der Waals surface area contributed by atoms with Gasteiger partial charge in [-0.2, -0.15) is 0 Å². The summed E-state index contributed by atoms with van der Waals surface area (Å²) in [6, 6.07) is 5.25. The van der Waals surface area contributed by atoms with E-state index in [1.165, 1.54) is 0 Å². The lowest BCUT2D eigenvalue weighted by atomic mass is 10.2. The third-order valence-electron chi connectivity index (χ3n) is 2.03. The normalized spacial score (nSPS) is 10.1. The molecule has 0 amide bonds. The molecule has 0 heterocycles. The summed E-state index contributed by atoms with van der Waals surface area (Å²) < 4.78 is 13.0. The molecule has 0 radical (unpaired) electrons. The van der Waals surface area contributed by atoms with Crippen LogP contribution in [0.15, 0.2) is 18.2 Å². The molecule has 0 aliphatic heterocycles. The highest BCUT2D eigenvalue weighted by atomic mass is 19.1. The van der Waals surface area contributed by atoms with E-state index in [1.54, 1.807) is 19.1 Å². The van der Waals surface area contributed by atoms with Crippen LogP contribution in [0.4, 0.5) is 10.1 Å². The molecule has 72 valence electrons. The van der Waals surface area contributed by atoms with Crippen LogP contribution >= 0.6 is 0 Å². The van der Waals surface area contributed by atoms with Crippen LogP contribution in [0.5, 0.6) is 0 Å². The standard InChI is InChI=1S/C11H16FN/c1-3-4-7-13-10-6-5-9(2)11(12)8-10/h5-6,8,13H,3-4,7H2,1-2H3. The maximum atomic E-state index is 13.0. The van der Waals surface area contributed by atoms with E-state index in [1.807, 2.05) is 6.07 Å². The molecule has 0 saturated carbocycles. The summed E-state index contributed by atoms with van der Waals surface area (Å²) in [6.45, 7) is 4.82. The Labute approximate surface area is 79.0 Å². The summed E-state index contributed by atoms with van der Waals surface area (Å²) in [5, 5.41) is 3.17. The van der Waals surface area contributed by atoms with Gasteiger partial charge in [-0.1, -0.05) is 19.4 Å². The zero-order chi connectivity index (χ0) is 9.68. The molecule has 1 N–H and O–H groups in total. The van der Waals surface area contributed by atoms with Crippen molar-refractivity contribution >= 4 is 5.69 Å². The SMILES string of the molecule is CCCCNc1ccc(C)c(F)c1. The highest BCUT2D eigenvalue weighted by Gasteiger charge is 1.97. The molecule has 13 heavy (non-hydrogen) atoms. The fourth-order valence-electron chi connectivity index (χ4n) is 1.11. The smallest absolute Gasteiger partial charge is 0.128 e. The second-order valence-corrected chi connectivity index (χ2v) is 3.24. The van der Waals surface area contributed by atoms with E-state index >= 15 is 0 Å². The zero-order valence-electron chi connectivity index (χ0n) is 8.23. The first-order chi connectivity index (χ1) is 6.24. The third kappa shape index (κ3) is 3.05. The number of benzene rings is 1. The van der Waals surface area contributed by atoms with Crippen molar-refractivity contribution in [3.63, 3.8) is 0 Å². The summed E-state index contributed by atoms with van der Waals surface area (Å²) in [7, 11) is 0. The molecule has 0 saturated heterocycles. The predicted molar refractivity (Wildman–Crippen MR) is 54.5 cm³/mol. The first-order valence-electron chi connectivity index (χ1n) is 4.74. The summed E-state index contributed by atoms with van der Waals surface area (Å²) in [6.07, 6.45) is 2.27. The average Bonchev–Trinajstić information content (AvgIpc) is 2.12. The Morgan fingerprint density at radius 1 is 1.38 bits per heavy atom. The first kappa shape index (κ1) is 10.0. The monoisotopic (exact) mass is 181 g/mol. The van der Waals surface area contributed by atoms with Gasteiger partial charge in [0, 0.05) is 12.2 Å². The fraction of sp³-hybridized carbons (Fsp3) is 0.455. The van der Waals surface area contributed by atoms with Gasteiger partial charge in [0.25, 0.3) is 0 Å². The predicted octanol–water partition coefficient (Wildman–Crippen LogP) is 3.35. The minimum absolute atomic E-state index is 0.138. The van der Waals surface area contributed by atoms with Crippen LogP contribution in [0.3, 0.4) is 0 Å². The quantitative estimate of drug-likeness (QED) is 0.702. The Morgan fingerprint density at radius 2 is 2.15 bits per heavy atom. The third-order valence-corrected chi connectivity index (χ3v) is 2.03. The van der Waals surface area contributed by atoms with Crippen LogP contribution in [0.2, 0.25) is 0 Å². The number of hydrogen-bond donors (Lipinski definition) is 1. The van der Waals surface area contributed by atoms with Crippen molar-refractivity contribution in [2.24, 2.45) is 0 Å². The van der Waals surface area contributed by atoms with Crippen LogP contribution < -0.4 is 5.32 Å². The van der Waals surface area contributed by atoms with E-state index in [0.717, 1.165) is 25.1 Å². The molecule has 0 fully saturated rings. The molecule has 0 bridgehead atoms. The van der Waals surface area contributed by atoms with Gasteiger partial charge in [-0.05, 0) is 31.0 Å². The highest BCUT2D eigenvalue weighted by Crippen LogP contribution is 2.13. The Kier molecular flexibility index (Phi) is 3.74. The lowest BCUT2D eigenvalue weighted by molar-refractivity contribution is 0.619. The number of rotatable bonds is 4. The zero-order valence-corrected chi connectivity index (χ0v) is 8.23. The molecule has 1 nitrogen and oxygen atoms in total. The summed E-state index contributed by atoms with van der Waals surface area (Å²) in [4.78, 5) is 0. The molecular formula is C11H16FN. The molecule has 2 heteroatoms.